The van der Waals surface area contributed by atoms with Crippen molar-refractivity contribution < 1.29 is 19.4 Å². The molecule has 0 saturated carbocycles. The van der Waals surface area contributed by atoms with Gasteiger partial charge in [0.1, 0.15) is 5.65 Å². The molecule has 1 fully saturated rings. The summed E-state index contributed by atoms with van der Waals surface area (Å²) < 4.78 is 5.77. The molecule has 7 heteroatoms. The Labute approximate surface area is 150 Å². The summed E-state index contributed by atoms with van der Waals surface area (Å²) in [6, 6.07) is 3.69. The first-order valence-electron chi connectivity index (χ1n) is 8.74. The fraction of sp³-hybridized carbons (Fsp3) is 0.316. The number of hydrogen-bond donors (Lipinski definition) is 2. The third-order valence-corrected chi connectivity index (χ3v) is 4.75. The second-order valence-corrected chi connectivity index (χ2v) is 6.47. The third-order valence-electron chi connectivity index (χ3n) is 4.75. The summed E-state index contributed by atoms with van der Waals surface area (Å²) in [6.07, 6.45) is 9.11. The van der Waals surface area contributed by atoms with Gasteiger partial charge >= 0.3 is 5.97 Å². The van der Waals surface area contributed by atoms with E-state index in [2.05, 4.69) is 9.97 Å². The highest BCUT2D eigenvalue weighted by Gasteiger charge is 2.38. The molecular weight excluding hydrogens is 334 g/mol. The van der Waals surface area contributed by atoms with Gasteiger partial charge in [-0.15, -0.1) is 0 Å². The molecule has 2 aromatic heterocycles. The molecule has 1 saturated heterocycles. The first kappa shape index (κ1) is 16.4. The number of likely N-dealkylation sites (tertiary alicyclic amines) is 1. The van der Waals surface area contributed by atoms with Gasteiger partial charge in [-0.1, -0.05) is 12.8 Å². The number of aliphatic carboxylic acids is 1. The molecule has 0 unspecified atom stereocenters. The lowest BCUT2D eigenvalue weighted by atomic mass is 10.1. The van der Waals surface area contributed by atoms with Crippen LogP contribution in [0.3, 0.4) is 0 Å². The standard InChI is InChI=1S/C19H19N3O4/c23-16-14(10-12-11-21-17-13(12)6-5-7-20-17)26-18(15(16)19(24)25)22-8-3-1-2-4-9-22/h5-7,10-11H,1-4,8-9H2,(H,20,21)(H,24,25). The van der Waals surface area contributed by atoms with E-state index in [1.807, 2.05) is 11.0 Å². The topological polar surface area (TPSA) is 95.5 Å². The summed E-state index contributed by atoms with van der Waals surface area (Å²) >= 11 is 0. The first-order valence-corrected chi connectivity index (χ1v) is 8.74. The van der Waals surface area contributed by atoms with Gasteiger partial charge in [-0.2, -0.15) is 0 Å². The Morgan fingerprint density at radius 2 is 2.04 bits per heavy atom. The van der Waals surface area contributed by atoms with Gasteiger partial charge < -0.3 is 19.7 Å². The Morgan fingerprint density at radius 1 is 1.27 bits per heavy atom. The molecule has 0 atom stereocenters. The number of nitrogens with one attached hydrogen (secondary N) is 1. The van der Waals surface area contributed by atoms with Gasteiger partial charge in [0.15, 0.2) is 11.3 Å². The number of carbonyl (C=O) groups excluding carboxylic acids is 1. The van der Waals surface area contributed by atoms with Crippen molar-refractivity contribution in [3.8, 4) is 0 Å². The van der Waals surface area contributed by atoms with E-state index in [9.17, 15) is 14.7 Å². The highest BCUT2D eigenvalue weighted by molar-refractivity contribution is 6.26. The molecule has 134 valence electrons. The summed E-state index contributed by atoms with van der Waals surface area (Å²) in [5.41, 5.74) is 1.15. The van der Waals surface area contributed by atoms with Crippen LogP contribution in [0.25, 0.3) is 17.1 Å². The van der Waals surface area contributed by atoms with Crippen molar-refractivity contribution in [1.29, 1.82) is 0 Å². The predicted octanol–water partition coefficient (Wildman–Crippen LogP) is 2.68. The minimum atomic E-state index is -1.25. The Kier molecular flexibility index (Phi) is 4.20. The third kappa shape index (κ3) is 2.85. The summed E-state index contributed by atoms with van der Waals surface area (Å²) in [4.78, 5) is 33.5. The van der Waals surface area contributed by atoms with Crippen LogP contribution in [0.4, 0.5) is 0 Å². The minimum Gasteiger partial charge on any atom is -0.477 e. The molecule has 0 amide bonds. The van der Waals surface area contributed by atoms with Crippen molar-refractivity contribution in [2.45, 2.75) is 25.7 Å². The zero-order chi connectivity index (χ0) is 18.1. The molecule has 0 aliphatic carbocycles. The molecule has 0 aromatic carbocycles. The molecule has 2 aliphatic rings. The number of fused-ring (bicyclic) bond motifs is 1. The largest absolute Gasteiger partial charge is 0.477 e. The molecule has 2 N–H and O–H groups in total. The normalized spacial score (nSPS) is 19.9. The fourth-order valence-electron chi connectivity index (χ4n) is 3.44. The minimum absolute atomic E-state index is 0.0337. The Hall–Kier alpha value is -3.09. The highest BCUT2D eigenvalue weighted by Crippen LogP contribution is 2.31. The van der Waals surface area contributed by atoms with Crippen LogP contribution >= 0.6 is 0 Å². The maximum absolute atomic E-state index is 12.7. The number of ketones is 1. The zero-order valence-corrected chi connectivity index (χ0v) is 14.2. The van der Waals surface area contributed by atoms with Crippen molar-refractivity contribution >= 4 is 28.9 Å². The lowest BCUT2D eigenvalue weighted by Gasteiger charge is -2.22. The molecule has 26 heavy (non-hydrogen) atoms. The van der Waals surface area contributed by atoms with Crippen molar-refractivity contribution in [2.24, 2.45) is 0 Å². The van der Waals surface area contributed by atoms with E-state index in [1.54, 1.807) is 24.5 Å². The number of allylic oxidation sites excluding steroid dienone is 1. The van der Waals surface area contributed by atoms with Gasteiger partial charge in [0.2, 0.25) is 11.7 Å². The van der Waals surface area contributed by atoms with Gasteiger partial charge in [0.05, 0.1) is 0 Å². The van der Waals surface area contributed by atoms with Crippen LogP contribution in [-0.4, -0.2) is 44.8 Å². The number of carboxylic acids is 1. The van der Waals surface area contributed by atoms with Crippen molar-refractivity contribution in [2.75, 3.05) is 13.1 Å². The van der Waals surface area contributed by atoms with Crippen LogP contribution in [0.15, 0.2) is 41.7 Å². The Balaban J connectivity index is 1.70. The number of Topliss-reactive ketones (excluding diaryl/α,β-unsaturated/α-hetero) is 1. The molecule has 2 aromatic rings. The summed E-state index contributed by atoms with van der Waals surface area (Å²) in [6.45, 7) is 1.40. The van der Waals surface area contributed by atoms with Crippen LogP contribution in [0.5, 0.6) is 0 Å². The van der Waals surface area contributed by atoms with Gasteiger partial charge in [-0.05, 0) is 31.1 Å². The highest BCUT2D eigenvalue weighted by atomic mass is 16.5. The number of aromatic amines is 1. The Bertz CT molecular complexity index is 933. The monoisotopic (exact) mass is 353 g/mol. The maximum Gasteiger partial charge on any atom is 0.345 e. The van der Waals surface area contributed by atoms with Gasteiger partial charge in [0, 0.05) is 36.4 Å². The number of H-pyrrole nitrogens is 1. The van der Waals surface area contributed by atoms with Crippen LogP contribution in [-0.2, 0) is 14.3 Å². The molecule has 4 heterocycles. The van der Waals surface area contributed by atoms with E-state index < -0.39 is 11.8 Å². The molecular formula is C19H19N3O4. The average Bonchev–Trinajstić information content (AvgIpc) is 3.05. The number of carbonyl (C=O) groups is 2. The van der Waals surface area contributed by atoms with Crippen LogP contribution in [0.2, 0.25) is 0 Å². The van der Waals surface area contributed by atoms with E-state index >= 15 is 0 Å². The quantitative estimate of drug-likeness (QED) is 0.651. The number of aromatic nitrogens is 2. The zero-order valence-electron chi connectivity index (χ0n) is 14.2. The number of hydrogen-bond acceptors (Lipinski definition) is 5. The van der Waals surface area contributed by atoms with Gasteiger partial charge in [0.25, 0.3) is 0 Å². The molecule has 7 nitrogen and oxygen atoms in total. The molecule has 0 bridgehead atoms. The smallest absolute Gasteiger partial charge is 0.345 e. The van der Waals surface area contributed by atoms with Crippen molar-refractivity contribution in [3.63, 3.8) is 0 Å². The van der Waals surface area contributed by atoms with Crippen LogP contribution < -0.4 is 0 Å². The summed E-state index contributed by atoms with van der Waals surface area (Å²) in [7, 11) is 0. The fourth-order valence-corrected chi connectivity index (χ4v) is 3.44. The lowest BCUT2D eigenvalue weighted by Crippen LogP contribution is -2.26. The predicted molar refractivity (Wildman–Crippen MR) is 94.9 cm³/mol. The SMILES string of the molecule is O=C(O)C1=C(N2CCCCCC2)OC(=Cc2c[nH]c3ncccc23)C1=O. The van der Waals surface area contributed by atoms with Gasteiger partial charge in [-0.25, -0.2) is 9.78 Å². The first-order chi connectivity index (χ1) is 12.6. The van der Waals surface area contributed by atoms with E-state index in [4.69, 9.17) is 4.74 Å². The molecule has 0 spiro atoms. The number of rotatable bonds is 3. The number of carboxylic acid groups (broad SMARTS) is 1. The average molecular weight is 353 g/mol. The van der Waals surface area contributed by atoms with E-state index in [0.29, 0.717) is 18.7 Å². The second kappa shape index (κ2) is 6.67. The number of pyridine rings is 1. The number of nitrogens with zero attached hydrogens (tertiary/aromatic N) is 2. The molecule has 2 aliphatic heterocycles. The van der Waals surface area contributed by atoms with E-state index in [1.165, 1.54) is 0 Å². The van der Waals surface area contributed by atoms with Crippen LogP contribution in [0.1, 0.15) is 31.2 Å². The van der Waals surface area contributed by atoms with E-state index in [0.717, 1.165) is 36.6 Å². The lowest BCUT2D eigenvalue weighted by molar-refractivity contribution is -0.134. The maximum atomic E-state index is 12.7. The summed E-state index contributed by atoms with van der Waals surface area (Å²) in [5, 5.41) is 10.4. The molecule has 0 radical (unpaired) electrons. The van der Waals surface area contributed by atoms with Crippen LogP contribution in [0, 0.1) is 0 Å². The molecule has 4 rings (SSSR count). The van der Waals surface area contributed by atoms with Crippen molar-refractivity contribution in [1.82, 2.24) is 14.9 Å². The Morgan fingerprint density at radius 3 is 2.77 bits per heavy atom. The van der Waals surface area contributed by atoms with E-state index in [-0.39, 0.29) is 17.2 Å². The summed E-state index contributed by atoms with van der Waals surface area (Å²) in [5.74, 6) is -1.63. The van der Waals surface area contributed by atoms with Gasteiger partial charge in [-0.3, -0.25) is 4.79 Å². The van der Waals surface area contributed by atoms with Crippen molar-refractivity contribution in [3.05, 3.63) is 47.3 Å². The number of ether oxygens (including phenoxy) is 1. The second-order valence-electron chi connectivity index (χ2n) is 6.47.